The van der Waals surface area contributed by atoms with Gasteiger partial charge in [0.05, 0.1) is 11.6 Å². The third-order valence-corrected chi connectivity index (χ3v) is 4.75. The number of nitrogens with one attached hydrogen (secondary N) is 1. The molecule has 2 aromatic rings. The Morgan fingerprint density at radius 2 is 1.97 bits per heavy atom. The number of ketones is 1. The van der Waals surface area contributed by atoms with E-state index >= 15 is 0 Å². The fraction of sp³-hybridized carbons (Fsp3) is 0.350. The fourth-order valence-corrected chi connectivity index (χ4v) is 3.18. The van der Waals surface area contributed by atoms with Gasteiger partial charge in [0.1, 0.15) is 0 Å². The van der Waals surface area contributed by atoms with Gasteiger partial charge in [0.2, 0.25) is 5.88 Å². The van der Waals surface area contributed by atoms with E-state index in [9.17, 15) is 22.8 Å². The third-order valence-electron chi connectivity index (χ3n) is 4.50. The molecule has 1 atom stereocenters. The van der Waals surface area contributed by atoms with Gasteiger partial charge in [0.25, 0.3) is 5.91 Å². The van der Waals surface area contributed by atoms with E-state index < -0.39 is 24.7 Å². The van der Waals surface area contributed by atoms with Gasteiger partial charge in [0, 0.05) is 23.2 Å². The van der Waals surface area contributed by atoms with Crippen LogP contribution in [0.5, 0.6) is 5.88 Å². The minimum atomic E-state index is -4.53. The molecule has 1 aromatic carbocycles. The van der Waals surface area contributed by atoms with Gasteiger partial charge in [-0.3, -0.25) is 9.59 Å². The zero-order valence-corrected chi connectivity index (χ0v) is 16.0. The molecule has 154 valence electrons. The zero-order valence-electron chi connectivity index (χ0n) is 15.3. The molecule has 0 radical (unpaired) electrons. The molecular weight excluding hydrogens is 409 g/mol. The van der Waals surface area contributed by atoms with E-state index in [2.05, 4.69) is 10.3 Å². The Hall–Kier alpha value is -2.61. The molecule has 5 nitrogen and oxygen atoms in total. The summed E-state index contributed by atoms with van der Waals surface area (Å²) < 4.78 is 42.5. The van der Waals surface area contributed by atoms with Gasteiger partial charge in [-0.25, -0.2) is 4.98 Å². The summed E-state index contributed by atoms with van der Waals surface area (Å²) >= 11 is 5.87. The maximum absolute atomic E-state index is 12.6. The molecule has 1 N–H and O–H groups in total. The van der Waals surface area contributed by atoms with E-state index in [0.717, 1.165) is 19.0 Å². The third kappa shape index (κ3) is 5.69. The molecule has 1 unspecified atom stereocenters. The number of aromatic nitrogens is 1. The lowest BCUT2D eigenvalue weighted by atomic mass is 9.94. The summed E-state index contributed by atoms with van der Waals surface area (Å²) in [7, 11) is 0. The number of benzene rings is 1. The summed E-state index contributed by atoms with van der Waals surface area (Å²) in [5.74, 6) is -0.800. The van der Waals surface area contributed by atoms with E-state index in [0.29, 0.717) is 23.4 Å². The zero-order chi connectivity index (χ0) is 21.0. The van der Waals surface area contributed by atoms with Crippen molar-refractivity contribution in [1.82, 2.24) is 10.3 Å². The van der Waals surface area contributed by atoms with E-state index in [1.54, 1.807) is 24.3 Å². The molecule has 29 heavy (non-hydrogen) atoms. The normalized spacial score (nSPS) is 17.1. The summed E-state index contributed by atoms with van der Waals surface area (Å²) in [5, 5.41) is 3.13. The smallest absolute Gasteiger partial charge is 0.422 e. The summed E-state index contributed by atoms with van der Waals surface area (Å²) in [6, 6.07) is 7.15. The minimum Gasteiger partial charge on any atom is -0.468 e. The first-order valence-electron chi connectivity index (χ1n) is 9.02. The number of pyridine rings is 1. The maximum atomic E-state index is 12.6. The van der Waals surface area contributed by atoms with Crippen molar-refractivity contribution in [3.8, 4) is 17.0 Å². The van der Waals surface area contributed by atoms with Crippen LogP contribution in [0.25, 0.3) is 11.1 Å². The molecule has 0 saturated heterocycles. The Balaban J connectivity index is 1.88. The molecule has 1 aliphatic rings. The number of nitrogens with zero attached hydrogens (tertiary/aromatic N) is 1. The predicted octanol–water partition coefficient (Wildman–Crippen LogP) is 4.58. The number of amides is 1. The molecule has 1 saturated carbocycles. The predicted molar refractivity (Wildman–Crippen MR) is 101 cm³/mol. The van der Waals surface area contributed by atoms with Crippen LogP contribution >= 0.6 is 11.6 Å². The molecule has 0 bridgehead atoms. The van der Waals surface area contributed by atoms with Gasteiger partial charge in [0.15, 0.2) is 12.4 Å². The van der Waals surface area contributed by atoms with Crippen molar-refractivity contribution in [1.29, 1.82) is 0 Å². The molecule has 0 spiro atoms. The molecule has 1 fully saturated rings. The van der Waals surface area contributed by atoms with E-state index in [4.69, 9.17) is 16.3 Å². The quantitative estimate of drug-likeness (QED) is 0.759. The highest BCUT2D eigenvalue weighted by Crippen LogP contribution is 2.31. The maximum Gasteiger partial charge on any atom is 0.422 e. The van der Waals surface area contributed by atoms with Crippen molar-refractivity contribution in [3.63, 3.8) is 0 Å². The Labute approximate surface area is 170 Å². The lowest BCUT2D eigenvalue weighted by Gasteiger charge is -2.21. The highest BCUT2D eigenvalue weighted by Gasteiger charge is 2.30. The number of halogens is 4. The molecule has 1 aromatic heterocycles. The van der Waals surface area contributed by atoms with Crippen LogP contribution < -0.4 is 10.1 Å². The number of rotatable bonds is 5. The second kappa shape index (κ2) is 8.82. The van der Waals surface area contributed by atoms with E-state index in [-0.39, 0.29) is 22.8 Å². The van der Waals surface area contributed by atoms with Crippen LogP contribution in [0.1, 0.15) is 36.0 Å². The van der Waals surface area contributed by atoms with Crippen molar-refractivity contribution in [2.24, 2.45) is 0 Å². The molecule has 1 aliphatic carbocycles. The molecule has 9 heteroatoms. The Bertz CT molecular complexity index is 901. The Kier molecular flexibility index (Phi) is 6.42. The van der Waals surface area contributed by atoms with Crippen LogP contribution in [-0.4, -0.2) is 35.5 Å². The number of carbonyl (C=O) groups excluding carboxylic acids is 2. The van der Waals surface area contributed by atoms with Gasteiger partial charge >= 0.3 is 6.18 Å². The summed E-state index contributed by atoms with van der Waals surface area (Å²) in [5.41, 5.74) is 0.823. The van der Waals surface area contributed by atoms with Crippen LogP contribution in [0.15, 0.2) is 36.5 Å². The fourth-order valence-electron chi connectivity index (χ4n) is 3.06. The number of Topliss-reactive ketones (excluding diaryl/α,β-unsaturated/α-hetero) is 1. The molecule has 1 heterocycles. The first kappa shape index (κ1) is 21.1. The van der Waals surface area contributed by atoms with Gasteiger partial charge in [-0.2, -0.15) is 13.2 Å². The minimum absolute atomic E-state index is 0.0272. The average Bonchev–Trinajstić information content (AvgIpc) is 2.68. The second-order valence-electron chi connectivity index (χ2n) is 6.73. The van der Waals surface area contributed by atoms with Crippen LogP contribution in [0.3, 0.4) is 0 Å². The van der Waals surface area contributed by atoms with Gasteiger partial charge < -0.3 is 10.1 Å². The summed E-state index contributed by atoms with van der Waals surface area (Å²) in [6.45, 7) is -1.51. The van der Waals surface area contributed by atoms with Crippen molar-refractivity contribution < 1.29 is 27.5 Å². The van der Waals surface area contributed by atoms with Crippen LogP contribution in [0.4, 0.5) is 13.2 Å². The first-order chi connectivity index (χ1) is 13.7. The van der Waals surface area contributed by atoms with Gasteiger partial charge in [-0.05, 0) is 36.6 Å². The van der Waals surface area contributed by atoms with Crippen LogP contribution in [0, 0.1) is 0 Å². The van der Waals surface area contributed by atoms with Crippen molar-refractivity contribution in [3.05, 3.63) is 47.1 Å². The molecule has 0 aliphatic heterocycles. The Morgan fingerprint density at radius 3 is 2.62 bits per heavy atom. The van der Waals surface area contributed by atoms with Crippen molar-refractivity contribution in [2.75, 3.05) is 6.61 Å². The van der Waals surface area contributed by atoms with Crippen LogP contribution in [-0.2, 0) is 4.79 Å². The summed E-state index contributed by atoms with van der Waals surface area (Å²) in [4.78, 5) is 28.4. The number of carbonyl (C=O) groups is 2. The van der Waals surface area contributed by atoms with Gasteiger partial charge in [-0.1, -0.05) is 30.2 Å². The number of ether oxygens (including phenoxy) is 1. The first-order valence-corrected chi connectivity index (χ1v) is 9.40. The topological polar surface area (TPSA) is 68.3 Å². The average molecular weight is 427 g/mol. The highest BCUT2D eigenvalue weighted by molar-refractivity contribution is 6.30. The monoisotopic (exact) mass is 426 g/mol. The van der Waals surface area contributed by atoms with Crippen molar-refractivity contribution in [2.45, 2.75) is 37.9 Å². The number of hydrogen-bond donors (Lipinski definition) is 1. The number of alkyl halides is 3. The second-order valence-corrected chi connectivity index (χ2v) is 7.16. The van der Waals surface area contributed by atoms with Gasteiger partial charge in [-0.15, -0.1) is 0 Å². The largest absolute Gasteiger partial charge is 0.468 e. The Morgan fingerprint density at radius 1 is 1.24 bits per heavy atom. The molecular formula is C20H18ClF3N2O3. The highest BCUT2D eigenvalue weighted by atomic mass is 35.5. The summed E-state index contributed by atoms with van der Waals surface area (Å²) in [6.07, 6.45) is -0.768. The van der Waals surface area contributed by atoms with E-state index in [1.165, 1.54) is 6.07 Å². The molecule has 1 amide bonds. The van der Waals surface area contributed by atoms with E-state index in [1.807, 2.05) is 0 Å². The SMILES string of the molecule is O=C(NC1CCCCC1=O)c1cnc(OCC(F)(F)F)c(-c2ccc(Cl)cc2)c1. The lowest BCUT2D eigenvalue weighted by molar-refractivity contribution is -0.154. The van der Waals surface area contributed by atoms with Crippen molar-refractivity contribution >= 4 is 23.3 Å². The molecule has 3 rings (SSSR count). The number of hydrogen-bond acceptors (Lipinski definition) is 4. The standard InChI is InChI=1S/C20H18ClF3N2O3/c21-14-7-5-12(6-8-14)15-9-13(10-25-19(15)29-11-20(22,23)24)18(28)26-16-3-1-2-4-17(16)27/h5-10,16H,1-4,11H2,(H,26,28). The van der Waals surface area contributed by atoms with Crippen LogP contribution in [0.2, 0.25) is 5.02 Å². The lowest BCUT2D eigenvalue weighted by Crippen LogP contribution is -2.42.